The van der Waals surface area contributed by atoms with Crippen molar-refractivity contribution in [2.75, 3.05) is 33.9 Å². The Bertz CT molecular complexity index is 609. The van der Waals surface area contributed by atoms with E-state index in [1.807, 2.05) is 0 Å². The van der Waals surface area contributed by atoms with Crippen molar-refractivity contribution >= 4 is 11.8 Å². The number of methoxy groups -OCH3 is 2. The number of benzene rings is 1. The van der Waals surface area contributed by atoms with E-state index in [4.69, 9.17) is 9.47 Å². The summed E-state index contributed by atoms with van der Waals surface area (Å²) in [5.41, 5.74) is 0.767. The van der Waals surface area contributed by atoms with Gasteiger partial charge in [0.1, 0.15) is 6.10 Å². The van der Waals surface area contributed by atoms with E-state index in [2.05, 4.69) is 5.32 Å². The van der Waals surface area contributed by atoms with E-state index < -0.39 is 11.9 Å². The number of halogens is 1. The van der Waals surface area contributed by atoms with Crippen LogP contribution in [-0.4, -0.2) is 56.7 Å². The Labute approximate surface area is 147 Å². The molecule has 1 N–H and O–H groups in total. The van der Waals surface area contributed by atoms with E-state index in [9.17, 15) is 14.0 Å². The van der Waals surface area contributed by atoms with Crippen LogP contribution in [0.2, 0.25) is 0 Å². The maximum atomic E-state index is 13.6. The molecule has 1 aliphatic heterocycles. The minimum absolute atomic E-state index is 0.0235. The van der Waals surface area contributed by atoms with Gasteiger partial charge in [-0.2, -0.15) is 0 Å². The normalized spacial score (nSPS) is 18.0. The van der Waals surface area contributed by atoms with Crippen molar-refractivity contribution in [3.63, 3.8) is 0 Å². The third kappa shape index (κ3) is 5.42. The minimum Gasteiger partial charge on any atom is -0.494 e. The van der Waals surface area contributed by atoms with Crippen LogP contribution in [0.1, 0.15) is 24.8 Å². The molecule has 1 aliphatic rings. The molecule has 1 heterocycles. The zero-order valence-electron chi connectivity index (χ0n) is 14.7. The second-order valence-electron chi connectivity index (χ2n) is 6.05. The van der Waals surface area contributed by atoms with Gasteiger partial charge in [-0.15, -0.1) is 0 Å². The number of nitrogens with zero attached hydrogens (tertiary/aromatic N) is 1. The van der Waals surface area contributed by atoms with Crippen molar-refractivity contribution in [1.29, 1.82) is 0 Å². The van der Waals surface area contributed by atoms with Crippen molar-refractivity contribution in [3.05, 3.63) is 29.6 Å². The van der Waals surface area contributed by atoms with Gasteiger partial charge in [0.15, 0.2) is 11.6 Å². The highest BCUT2D eigenvalue weighted by Crippen LogP contribution is 2.18. The molecular weight excluding hydrogens is 327 g/mol. The highest BCUT2D eigenvalue weighted by atomic mass is 19.1. The van der Waals surface area contributed by atoms with Crippen LogP contribution in [0.3, 0.4) is 0 Å². The molecule has 1 atom stereocenters. The Balaban J connectivity index is 1.80. The molecule has 7 heteroatoms. The second-order valence-corrected chi connectivity index (χ2v) is 6.05. The largest absolute Gasteiger partial charge is 0.494 e. The molecule has 0 bridgehead atoms. The van der Waals surface area contributed by atoms with Gasteiger partial charge in [-0.1, -0.05) is 6.07 Å². The number of ether oxygens (including phenoxy) is 2. The standard InChI is InChI=1S/C18H25FN2O4/c1-24-15-7-6-13(11-14(15)19)8-9-20-17(22)12-21-10-4-3-5-16(25-2)18(21)23/h6-7,11,16H,3-5,8-10,12H2,1-2H3,(H,20,22). The molecule has 0 saturated carbocycles. The average Bonchev–Trinajstić information content (AvgIpc) is 2.77. The monoisotopic (exact) mass is 352 g/mol. The fourth-order valence-corrected chi connectivity index (χ4v) is 2.89. The van der Waals surface area contributed by atoms with Crippen molar-refractivity contribution in [2.45, 2.75) is 31.8 Å². The molecule has 0 aliphatic carbocycles. The summed E-state index contributed by atoms with van der Waals surface area (Å²) in [4.78, 5) is 25.9. The fraction of sp³-hybridized carbons (Fsp3) is 0.556. The molecule has 2 rings (SSSR count). The fourth-order valence-electron chi connectivity index (χ4n) is 2.89. The van der Waals surface area contributed by atoms with Gasteiger partial charge in [0.2, 0.25) is 5.91 Å². The summed E-state index contributed by atoms with van der Waals surface area (Å²) in [7, 11) is 2.93. The van der Waals surface area contributed by atoms with Crippen LogP contribution in [0.5, 0.6) is 5.75 Å². The molecule has 2 amide bonds. The second kappa shape index (κ2) is 9.36. The minimum atomic E-state index is -0.461. The molecule has 0 aromatic heterocycles. The first-order chi connectivity index (χ1) is 12.0. The third-order valence-electron chi connectivity index (χ3n) is 4.30. The number of hydrogen-bond donors (Lipinski definition) is 1. The number of rotatable bonds is 7. The predicted molar refractivity (Wildman–Crippen MR) is 90.9 cm³/mol. The number of carbonyl (C=O) groups excluding carboxylic acids is 2. The van der Waals surface area contributed by atoms with Gasteiger partial charge in [0.05, 0.1) is 13.7 Å². The molecule has 1 aromatic rings. The zero-order chi connectivity index (χ0) is 18.2. The van der Waals surface area contributed by atoms with Crippen molar-refractivity contribution < 1.29 is 23.5 Å². The van der Waals surface area contributed by atoms with E-state index in [0.29, 0.717) is 25.9 Å². The van der Waals surface area contributed by atoms with Gasteiger partial charge in [-0.25, -0.2) is 4.39 Å². The van der Waals surface area contributed by atoms with Crippen molar-refractivity contribution in [3.8, 4) is 5.75 Å². The number of carbonyl (C=O) groups is 2. The van der Waals surface area contributed by atoms with E-state index in [0.717, 1.165) is 18.4 Å². The van der Waals surface area contributed by atoms with Crippen molar-refractivity contribution in [1.82, 2.24) is 10.2 Å². The van der Waals surface area contributed by atoms with Crippen LogP contribution in [-0.2, 0) is 20.7 Å². The molecule has 25 heavy (non-hydrogen) atoms. The maximum absolute atomic E-state index is 13.6. The summed E-state index contributed by atoms with van der Waals surface area (Å²) in [6.45, 7) is 0.964. The van der Waals surface area contributed by atoms with Crippen LogP contribution < -0.4 is 10.1 Å². The number of amides is 2. The quantitative estimate of drug-likeness (QED) is 0.808. The Morgan fingerprint density at radius 3 is 2.84 bits per heavy atom. The summed E-state index contributed by atoms with van der Waals surface area (Å²) < 4.78 is 23.7. The van der Waals surface area contributed by atoms with Gasteiger partial charge in [0.25, 0.3) is 5.91 Å². The highest BCUT2D eigenvalue weighted by Gasteiger charge is 2.27. The summed E-state index contributed by atoms with van der Waals surface area (Å²) in [6.07, 6.45) is 2.50. The van der Waals surface area contributed by atoms with Crippen LogP contribution >= 0.6 is 0 Å². The van der Waals surface area contributed by atoms with Crippen LogP contribution in [0.15, 0.2) is 18.2 Å². The van der Waals surface area contributed by atoms with Crippen LogP contribution in [0.4, 0.5) is 4.39 Å². The van der Waals surface area contributed by atoms with Gasteiger partial charge < -0.3 is 19.7 Å². The first-order valence-corrected chi connectivity index (χ1v) is 8.46. The van der Waals surface area contributed by atoms with E-state index in [1.165, 1.54) is 20.3 Å². The van der Waals surface area contributed by atoms with Crippen LogP contribution in [0, 0.1) is 5.82 Å². The lowest BCUT2D eigenvalue weighted by Crippen LogP contribution is -2.45. The summed E-state index contributed by atoms with van der Waals surface area (Å²) >= 11 is 0. The zero-order valence-corrected chi connectivity index (χ0v) is 14.7. The molecular formula is C18H25FN2O4. The first kappa shape index (κ1) is 19.2. The first-order valence-electron chi connectivity index (χ1n) is 8.46. The molecule has 0 radical (unpaired) electrons. The number of hydrogen-bond acceptors (Lipinski definition) is 4. The molecule has 1 unspecified atom stereocenters. The summed E-state index contributed by atoms with van der Waals surface area (Å²) in [5.74, 6) is -0.585. The van der Waals surface area contributed by atoms with Gasteiger partial charge in [0, 0.05) is 20.2 Å². The molecule has 1 aromatic carbocycles. The van der Waals surface area contributed by atoms with E-state index in [1.54, 1.807) is 17.0 Å². The lowest BCUT2D eigenvalue weighted by atomic mass is 10.1. The van der Waals surface area contributed by atoms with Gasteiger partial charge >= 0.3 is 0 Å². The lowest BCUT2D eigenvalue weighted by Gasteiger charge is -2.23. The SMILES string of the molecule is COc1ccc(CCNC(=O)CN2CCCCC(OC)C2=O)cc1F. The number of likely N-dealkylation sites (tertiary alicyclic amines) is 1. The lowest BCUT2D eigenvalue weighted by molar-refractivity contribution is -0.144. The molecule has 0 spiro atoms. The van der Waals surface area contributed by atoms with Gasteiger partial charge in [-0.05, 0) is 43.4 Å². The van der Waals surface area contributed by atoms with Crippen LogP contribution in [0.25, 0.3) is 0 Å². The predicted octanol–water partition coefficient (Wildman–Crippen LogP) is 1.52. The maximum Gasteiger partial charge on any atom is 0.252 e. The topological polar surface area (TPSA) is 67.9 Å². The smallest absolute Gasteiger partial charge is 0.252 e. The van der Waals surface area contributed by atoms with Crippen molar-refractivity contribution in [2.24, 2.45) is 0 Å². The van der Waals surface area contributed by atoms with Gasteiger partial charge in [-0.3, -0.25) is 9.59 Å². The molecule has 6 nitrogen and oxygen atoms in total. The number of nitrogens with one attached hydrogen (secondary N) is 1. The van der Waals surface area contributed by atoms with E-state index in [-0.39, 0.29) is 24.1 Å². The average molecular weight is 352 g/mol. The molecule has 138 valence electrons. The highest BCUT2D eigenvalue weighted by molar-refractivity contribution is 5.87. The Morgan fingerprint density at radius 1 is 1.36 bits per heavy atom. The Morgan fingerprint density at radius 2 is 2.16 bits per heavy atom. The Hall–Kier alpha value is -2.15. The molecule has 1 fully saturated rings. The van der Waals surface area contributed by atoms with E-state index >= 15 is 0 Å². The molecule has 1 saturated heterocycles. The third-order valence-corrected chi connectivity index (χ3v) is 4.30. The summed E-state index contributed by atoms with van der Waals surface area (Å²) in [6, 6.07) is 4.72. The summed E-state index contributed by atoms with van der Waals surface area (Å²) in [5, 5.41) is 2.77. The Kier molecular flexibility index (Phi) is 7.18.